The van der Waals surface area contributed by atoms with Gasteiger partial charge in [0.25, 0.3) is 0 Å². The fourth-order valence-electron chi connectivity index (χ4n) is 1.36. The fraction of sp³-hybridized carbons (Fsp3) is 0. The van der Waals surface area contributed by atoms with Gasteiger partial charge in [0.2, 0.25) is 0 Å². The Morgan fingerprint density at radius 2 is 1.81 bits per heavy atom. The van der Waals surface area contributed by atoms with Crippen LogP contribution in [0.25, 0.3) is 0 Å². The summed E-state index contributed by atoms with van der Waals surface area (Å²) in [4.78, 5) is 0. The SMILES string of the molecule is Nc1cc(Cl)ccc1Nc1ccccc1Br. The van der Waals surface area contributed by atoms with Crippen molar-refractivity contribution in [2.24, 2.45) is 0 Å². The molecule has 2 aromatic carbocycles. The number of nitrogens with two attached hydrogens (primary N) is 1. The summed E-state index contributed by atoms with van der Waals surface area (Å²) in [6.07, 6.45) is 0. The Hall–Kier alpha value is -1.19. The summed E-state index contributed by atoms with van der Waals surface area (Å²) in [5.41, 5.74) is 8.30. The van der Waals surface area contributed by atoms with Gasteiger partial charge in [-0.3, -0.25) is 0 Å². The number of nitrogens with one attached hydrogen (secondary N) is 1. The van der Waals surface area contributed by atoms with Crippen molar-refractivity contribution in [1.82, 2.24) is 0 Å². The second kappa shape index (κ2) is 4.76. The highest BCUT2D eigenvalue weighted by Crippen LogP contribution is 2.29. The maximum Gasteiger partial charge on any atom is 0.0619 e. The predicted octanol–water partition coefficient (Wildman–Crippen LogP) is 4.43. The smallest absolute Gasteiger partial charge is 0.0619 e. The number of benzene rings is 2. The topological polar surface area (TPSA) is 38.0 Å². The summed E-state index contributed by atoms with van der Waals surface area (Å²) in [5, 5.41) is 3.87. The molecule has 2 nitrogen and oxygen atoms in total. The second-order valence-electron chi connectivity index (χ2n) is 3.34. The molecule has 0 saturated heterocycles. The highest BCUT2D eigenvalue weighted by molar-refractivity contribution is 9.10. The highest BCUT2D eigenvalue weighted by Gasteiger charge is 2.02. The van der Waals surface area contributed by atoms with Crippen LogP contribution in [-0.4, -0.2) is 0 Å². The number of nitrogen functional groups attached to an aromatic ring is 1. The van der Waals surface area contributed by atoms with Crippen LogP contribution in [0.3, 0.4) is 0 Å². The lowest BCUT2D eigenvalue weighted by Crippen LogP contribution is -1.96. The van der Waals surface area contributed by atoms with Gasteiger partial charge in [-0.15, -0.1) is 0 Å². The number of anilines is 3. The first kappa shape index (κ1) is 11.3. The monoisotopic (exact) mass is 296 g/mol. The average Bonchev–Trinajstić information content (AvgIpc) is 2.25. The van der Waals surface area contributed by atoms with E-state index in [1.54, 1.807) is 12.1 Å². The number of para-hydroxylation sites is 1. The highest BCUT2D eigenvalue weighted by atomic mass is 79.9. The number of halogens is 2. The van der Waals surface area contributed by atoms with Crippen molar-refractivity contribution in [3.8, 4) is 0 Å². The Morgan fingerprint density at radius 1 is 1.06 bits per heavy atom. The molecule has 0 atom stereocenters. The van der Waals surface area contributed by atoms with E-state index in [-0.39, 0.29) is 0 Å². The van der Waals surface area contributed by atoms with Crippen molar-refractivity contribution in [3.05, 3.63) is 52.0 Å². The van der Waals surface area contributed by atoms with Crippen LogP contribution < -0.4 is 11.1 Å². The first-order chi connectivity index (χ1) is 7.66. The lowest BCUT2D eigenvalue weighted by Gasteiger charge is -2.10. The van der Waals surface area contributed by atoms with Crippen molar-refractivity contribution in [1.29, 1.82) is 0 Å². The van der Waals surface area contributed by atoms with E-state index in [9.17, 15) is 0 Å². The second-order valence-corrected chi connectivity index (χ2v) is 4.63. The van der Waals surface area contributed by atoms with E-state index in [4.69, 9.17) is 17.3 Å². The van der Waals surface area contributed by atoms with Gasteiger partial charge in [0.15, 0.2) is 0 Å². The summed E-state index contributed by atoms with van der Waals surface area (Å²) >= 11 is 9.30. The lowest BCUT2D eigenvalue weighted by molar-refractivity contribution is 1.52. The van der Waals surface area contributed by atoms with Gasteiger partial charge in [-0.05, 0) is 46.3 Å². The van der Waals surface area contributed by atoms with E-state index >= 15 is 0 Å². The molecule has 3 N–H and O–H groups in total. The quantitative estimate of drug-likeness (QED) is 0.805. The van der Waals surface area contributed by atoms with E-state index in [1.165, 1.54) is 0 Å². The molecular formula is C12H10BrClN2. The lowest BCUT2D eigenvalue weighted by atomic mass is 10.2. The van der Waals surface area contributed by atoms with Gasteiger partial charge in [0.1, 0.15) is 0 Å². The summed E-state index contributed by atoms with van der Waals surface area (Å²) < 4.78 is 0.990. The van der Waals surface area contributed by atoms with Gasteiger partial charge in [0, 0.05) is 9.50 Å². The molecule has 0 unspecified atom stereocenters. The minimum atomic E-state index is 0.628. The van der Waals surface area contributed by atoms with Crippen molar-refractivity contribution < 1.29 is 0 Å². The molecule has 0 aliphatic heterocycles. The van der Waals surface area contributed by atoms with Gasteiger partial charge in [0.05, 0.1) is 17.1 Å². The van der Waals surface area contributed by atoms with Gasteiger partial charge in [-0.2, -0.15) is 0 Å². The zero-order valence-corrected chi connectivity index (χ0v) is 10.7. The molecule has 0 aliphatic rings. The molecule has 0 saturated carbocycles. The van der Waals surface area contributed by atoms with Gasteiger partial charge >= 0.3 is 0 Å². The Kier molecular flexibility index (Phi) is 3.36. The third-order valence-electron chi connectivity index (χ3n) is 2.16. The molecule has 0 heterocycles. The zero-order valence-electron chi connectivity index (χ0n) is 8.37. The molecule has 0 amide bonds. The van der Waals surface area contributed by atoms with E-state index in [0.29, 0.717) is 10.7 Å². The number of hydrogen-bond donors (Lipinski definition) is 2. The average molecular weight is 298 g/mol. The summed E-state index contributed by atoms with van der Waals surface area (Å²) in [6, 6.07) is 13.2. The minimum Gasteiger partial charge on any atom is -0.397 e. The molecule has 4 heteroatoms. The van der Waals surface area contributed by atoms with Crippen LogP contribution in [0, 0.1) is 0 Å². The molecular weight excluding hydrogens is 288 g/mol. The van der Waals surface area contributed by atoms with Crippen LogP contribution >= 0.6 is 27.5 Å². The Balaban J connectivity index is 2.31. The molecule has 2 rings (SSSR count). The predicted molar refractivity (Wildman–Crippen MR) is 73.3 cm³/mol. The van der Waals surface area contributed by atoms with E-state index in [0.717, 1.165) is 15.8 Å². The van der Waals surface area contributed by atoms with Crippen molar-refractivity contribution in [2.45, 2.75) is 0 Å². The molecule has 0 bridgehead atoms. The zero-order chi connectivity index (χ0) is 11.5. The molecule has 0 spiro atoms. The normalized spacial score (nSPS) is 10.1. The molecule has 0 aromatic heterocycles. The largest absolute Gasteiger partial charge is 0.397 e. The van der Waals surface area contributed by atoms with Crippen LogP contribution in [0.1, 0.15) is 0 Å². The molecule has 82 valence electrons. The van der Waals surface area contributed by atoms with E-state index < -0.39 is 0 Å². The molecule has 2 aromatic rings. The van der Waals surface area contributed by atoms with E-state index in [1.807, 2.05) is 30.3 Å². The first-order valence-corrected chi connectivity index (χ1v) is 5.90. The van der Waals surface area contributed by atoms with Crippen molar-refractivity contribution in [2.75, 3.05) is 11.1 Å². The standard InChI is InChI=1S/C12H10BrClN2/c13-9-3-1-2-4-11(9)16-12-6-5-8(14)7-10(12)15/h1-7,16H,15H2. The number of rotatable bonds is 2. The van der Waals surface area contributed by atoms with Gasteiger partial charge < -0.3 is 11.1 Å². The number of hydrogen-bond acceptors (Lipinski definition) is 2. The van der Waals surface area contributed by atoms with Crippen molar-refractivity contribution in [3.63, 3.8) is 0 Å². The Morgan fingerprint density at radius 3 is 2.50 bits per heavy atom. The van der Waals surface area contributed by atoms with Gasteiger partial charge in [-0.1, -0.05) is 23.7 Å². The van der Waals surface area contributed by atoms with Crippen LogP contribution in [-0.2, 0) is 0 Å². The fourth-order valence-corrected chi connectivity index (χ4v) is 1.92. The minimum absolute atomic E-state index is 0.628. The van der Waals surface area contributed by atoms with E-state index in [2.05, 4.69) is 21.2 Å². The van der Waals surface area contributed by atoms with Crippen LogP contribution in [0.15, 0.2) is 46.9 Å². The Bertz CT molecular complexity index is 514. The molecule has 0 radical (unpaired) electrons. The third kappa shape index (κ3) is 2.49. The first-order valence-electron chi connectivity index (χ1n) is 4.73. The summed E-state index contributed by atoms with van der Waals surface area (Å²) in [5.74, 6) is 0. The maximum atomic E-state index is 5.86. The maximum absolute atomic E-state index is 5.86. The van der Waals surface area contributed by atoms with Gasteiger partial charge in [-0.25, -0.2) is 0 Å². The van der Waals surface area contributed by atoms with Crippen LogP contribution in [0.2, 0.25) is 5.02 Å². The molecule has 0 aliphatic carbocycles. The Labute approximate surface area is 108 Å². The van der Waals surface area contributed by atoms with Crippen LogP contribution in [0.4, 0.5) is 17.1 Å². The summed E-state index contributed by atoms with van der Waals surface area (Å²) in [6.45, 7) is 0. The third-order valence-corrected chi connectivity index (χ3v) is 3.08. The molecule has 16 heavy (non-hydrogen) atoms. The molecule has 0 fully saturated rings. The van der Waals surface area contributed by atoms with Crippen LogP contribution in [0.5, 0.6) is 0 Å². The summed E-state index contributed by atoms with van der Waals surface area (Å²) in [7, 11) is 0. The van der Waals surface area contributed by atoms with Crippen molar-refractivity contribution >= 4 is 44.6 Å².